The van der Waals surface area contributed by atoms with E-state index in [0.717, 1.165) is 26.3 Å². The molecule has 0 saturated carbocycles. The summed E-state index contributed by atoms with van der Waals surface area (Å²) < 4.78 is 29.1. The number of ether oxygens (including phenoxy) is 5. The van der Waals surface area contributed by atoms with Crippen LogP contribution in [0, 0.1) is 0 Å². The van der Waals surface area contributed by atoms with Crippen LogP contribution in [0.25, 0.3) is 10.1 Å². The number of pyridine rings is 1. The highest BCUT2D eigenvalue weighted by Crippen LogP contribution is 2.46. The number of thiophene rings is 1. The maximum atomic E-state index is 13.0. The molecule has 1 atom stereocenters. The molecule has 0 bridgehead atoms. The number of fused-ring (bicyclic) bond motifs is 1. The van der Waals surface area contributed by atoms with Crippen molar-refractivity contribution < 1.29 is 28.5 Å². The van der Waals surface area contributed by atoms with E-state index in [-0.39, 0.29) is 5.97 Å². The molecule has 2 heterocycles. The van der Waals surface area contributed by atoms with Crippen molar-refractivity contribution in [2.45, 2.75) is 19.3 Å². The van der Waals surface area contributed by atoms with Gasteiger partial charge in [0.05, 0.1) is 33.9 Å². The quantitative estimate of drug-likeness (QED) is 0.251. The Morgan fingerprint density at radius 2 is 1.57 bits per heavy atom. The van der Waals surface area contributed by atoms with E-state index in [4.69, 9.17) is 23.7 Å². The Kier molecular flexibility index (Phi) is 7.72. The second kappa shape index (κ2) is 11.1. The summed E-state index contributed by atoms with van der Waals surface area (Å²) in [6, 6.07) is 14.9. The summed E-state index contributed by atoms with van der Waals surface area (Å²) in [6.07, 6.45) is 3.76. The molecule has 0 saturated heterocycles. The monoisotopic (exact) mass is 493 g/mol. The lowest BCUT2D eigenvalue weighted by Crippen LogP contribution is -2.18. The number of carbonyl (C=O) groups excluding carboxylic acids is 1. The Labute approximate surface area is 208 Å². The van der Waals surface area contributed by atoms with Gasteiger partial charge in [-0.05, 0) is 55.0 Å². The van der Waals surface area contributed by atoms with Crippen LogP contribution in [0.1, 0.15) is 23.3 Å². The minimum Gasteiger partial charge on any atom is -0.497 e. The number of hydrogen-bond acceptors (Lipinski definition) is 8. The fourth-order valence-electron chi connectivity index (χ4n) is 3.82. The summed E-state index contributed by atoms with van der Waals surface area (Å²) in [5.41, 5.74) is 0.835. The van der Waals surface area contributed by atoms with Crippen LogP contribution >= 0.6 is 11.3 Å². The molecule has 182 valence electrons. The van der Waals surface area contributed by atoms with Gasteiger partial charge in [-0.25, -0.2) is 0 Å². The summed E-state index contributed by atoms with van der Waals surface area (Å²) in [6.45, 7) is 2.11. The van der Waals surface area contributed by atoms with Crippen molar-refractivity contribution in [3.05, 3.63) is 71.4 Å². The molecule has 35 heavy (non-hydrogen) atoms. The number of benzene rings is 2. The van der Waals surface area contributed by atoms with Crippen LogP contribution < -0.4 is 18.9 Å². The Morgan fingerprint density at radius 3 is 2.20 bits per heavy atom. The molecule has 0 aliphatic carbocycles. The summed E-state index contributed by atoms with van der Waals surface area (Å²) in [5, 5.41) is 0.871. The van der Waals surface area contributed by atoms with Crippen molar-refractivity contribution in [1.29, 1.82) is 0 Å². The Bertz CT molecular complexity index is 1290. The van der Waals surface area contributed by atoms with E-state index in [1.165, 1.54) is 0 Å². The third kappa shape index (κ3) is 5.33. The normalized spacial score (nSPS) is 11.7. The fourth-order valence-corrected chi connectivity index (χ4v) is 5.01. The summed E-state index contributed by atoms with van der Waals surface area (Å²) in [5.74, 6) is 2.48. The predicted octanol–water partition coefficient (Wildman–Crippen LogP) is 6.00. The molecule has 0 N–H and O–H groups in total. The standard InChI is InChI=1S/C27H27NO6S/c1-5-33-27(29)20(17-10-12-28-13-11-17)15-25-26(34-19-8-6-18(30-2)7-9-19)21-14-22(31-3)23(32-4)16-24(21)35-25/h6-14,16,20H,5,15H2,1-4H3. The van der Waals surface area contributed by atoms with Crippen molar-refractivity contribution >= 4 is 27.4 Å². The molecule has 8 heteroatoms. The molecule has 0 radical (unpaired) electrons. The van der Waals surface area contributed by atoms with Crippen LogP contribution in [0.15, 0.2) is 60.9 Å². The van der Waals surface area contributed by atoms with Crippen LogP contribution in [0.4, 0.5) is 0 Å². The Balaban J connectivity index is 1.82. The number of rotatable bonds is 10. The number of hydrogen-bond donors (Lipinski definition) is 0. The van der Waals surface area contributed by atoms with Crippen molar-refractivity contribution in [2.75, 3.05) is 27.9 Å². The van der Waals surface area contributed by atoms with E-state index in [9.17, 15) is 4.79 Å². The molecule has 0 aliphatic heterocycles. The van der Waals surface area contributed by atoms with E-state index >= 15 is 0 Å². The molecule has 1 unspecified atom stereocenters. The third-order valence-electron chi connectivity index (χ3n) is 5.57. The van der Waals surface area contributed by atoms with Crippen LogP contribution in [0.3, 0.4) is 0 Å². The highest BCUT2D eigenvalue weighted by molar-refractivity contribution is 7.19. The minimum atomic E-state index is -0.506. The van der Waals surface area contributed by atoms with Gasteiger partial charge in [0.25, 0.3) is 0 Å². The first kappa shape index (κ1) is 24.3. The summed E-state index contributed by atoms with van der Waals surface area (Å²) in [4.78, 5) is 18.0. The maximum absolute atomic E-state index is 13.0. The molecule has 0 aliphatic rings. The number of esters is 1. The van der Waals surface area contributed by atoms with Gasteiger partial charge in [-0.3, -0.25) is 9.78 Å². The predicted molar refractivity (Wildman–Crippen MR) is 135 cm³/mol. The lowest BCUT2D eigenvalue weighted by molar-refractivity contribution is -0.144. The van der Waals surface area contributed by atoms with E-state index in [2.05, 4.69) is 4.98 Å². The van der Waals surface area contributed by atoms with Crippen LogP contribution in [0.5, 0.6) is 28.7 Å². The zero-order chi connectivity index (χ0) is 24.8. The van der Waals surface area contributed by atoms with Gasteiger partial charge >= 0.3 is 5.97 Å². The lowest BCUT2D eigenvalue weighted by Gasteiger charge is -2.16. The minimum absolute atomic E-state index is 0.290. The van der Waals surface area contributed by atoms with E-state index in [1.54, 1.807) is 52.0 Å². The van der Waals surface area contributed by atoms with Gasteiger partial charge < -0.3 is 23.7 Å². The van der Waals surface area contributed by atoms with Gasteiger partial charge in [-0.15, -0.1) is 11.3 Å². The van der Waals surface area contributed by atoms with E-state index in [1.807, 2.05) is 48.5 Å². The molecular weight excluding hydrogens is 466 g/mol. The smallest absolute Gasteiger partial charge is 0.313 e. The van der Waals surface area contributed by atoms with Gasteiger partial charge in [0.2, 0.25) is 0 Å². The molecule has 4 aromatic rings. The first-order valence-electron chi connectivity index (χ1n) is 11.1. The molecular formula is C27H27NO6S. The summed E-state index contributed by atoms with van der Waals surface area (Å²) in [7, 11) is 4.82. The van der Waals surface area contributed by atoms with Crippen molar-refractivity contribution in [3.8, 4) is 28.7 Å². The first-order chi connectivity index (χ1) is 17.1. The van der Waals surface area contributed by atoms with Crippen molar-refractivity contribution in [3.63, 3.8) is 0 Å². The van der Waals surface area contributed by atoms with Gasteiger partial charge in [0.15, 0.2) is 11.5 Å². The highest BCUT2D eigenvalue weighted by atomic mass is 32.1. The van der Waals surface area contributed by atoms with Crippen LogP contribution in [0.2, 0.25) is 0 Å². The molecule has 0 fully saturated rings. The number of carbonyl (C=O) groups is 1. The topological polar surface area (TPSA) is 76.1 Å². The van der Waals surface area contributed by atoms with Crippen molar-refractivity contribution in [2.24, 2.45) is 0 Å². The molecule has 7 nitrogen and oxygen atoms in total. The second-order valence-corrected chi connectivity index (χ2v) is 8.76. The molecule has 0 amide bonds. The lowest BCUT2D eigenvalue weighted by atomic mass is 9.95. The van der Waals surface area contributed by atoms with Gasteiger partial charge in [-0.2, -0.15) is 0 Å². The number of aromatic nitrogens is 1. The van der Waals surface area contributed by atoms with E-state index < -0.39 is 5.92 Å². The maximum Gasteiger partial charge on any atom is 0.313 e. The fraction of sp³-hybridized carbons (Fsp3) is 0.259. The summed E-state index contributed by atoms with van der Waals surface area (Å²) >= 11 is 1.55. The van der Waals surface area contributed by atoms with Crippen LogP contribution in [-0.2, 0) is 16.0 Å². The molecule has 0 spiro atoms. The zero-order valence-corrected chi connectivity index (χ0v) is 20.9. The molecule has 2 aromatic carbocycles. The number of nitrogens with zero attached hydrogens (tertiary/aromatic N) is 1. The van der Waals surface area contributed by atoms with Crippen molar-refractivity contribution in [1.82, 2.24) is 4.98 Å². The first-order valence-corrected chi connectivity index (χ1v) is 11.9. The second-order valence-electron chi connectivity index (χ2n) is 7.62. The van der Waals surface area contributed by atoms with Crippen LogP contribution in [-0.4, -0.2) is 38.9 Å². The average Bonchev–Trinajstić information content (AvgIpc) is 3.22. The zero-order valence-electron chi connectivity index (χ0n) is 20.1. The average molecular weight is 494 g/mol. The molecule has 2 aromatic heterocycles. The van der Waals surface area contributed by atoms with Gasteiger partial charge in [0, 0.05) is 39.8 Å². The number of methoxy groups -OCH3 is 3. The van der Waals surface area contributed by atoms with Gasteiger partial charge in [-0.1, -0.05) is 0 Å². The highest BCUT2D eigenvalue weighted by Gasteiger charge is 2.27. The third-order valence-corrected chi connectivity index (χ3v) is 6.72. The Morgan fingerprint density at radius 1 is 0.914 bits per heavy atom. The SMILES string of the molecule is CCOC(=O)C(Cc1sc2cc(OC)c(OC)cc2c1Oc1ccc(OC)cc1)c1ccncc1. The molecule has 4 rings (SSSR count). The largest absolute Gasteiger partial charge is 0.497 e. The van der Waals surface area contributed by atoms with E-state index in [0.29, 0.717) is 36.0 Å². The van der Waals surface area contributed by atoms with Gasteiger partial charge in [0.1, 0.15) is 17.2 Å². The Hall–Kier alpha value is -3.78.